The molecule has 1 saturated heterocycles. The van der Waals surface area contributed by atoms with Crippen molar-refractivity contribution >= 4 is 11.8 Å². The first-order valence-electron chi connectivity index (χ1n) is 10.4. The Labute approximate surface area is 177 Å². The summed E-state index contributed by atoms with van der Waals surface area (Å²) in [5.74, 6) is -0.0740. The van der Waals surface area contributed by atoms with E-state index in [1.807, 2.05) is 6.07 Å². The van der Waals surface area contributed by atoms with Crippen LogP contribution in [0.15, 0.2) is 48.5 Å². The summed E-state index contributed by atoms with van der Waals surface area (Å²) in [6.45, 7) is 5.48. The van der Waals surface area contributed by atoms with Gasteiger partial charge in [-0.15, -0.1) is 0 Å². The molecule has 2 aromatic carbocycles. The first-order valence-corrected chi connectivity index (χ1v) is 10.4. The third-order valence-electron chi connectivity index (χ3n) is 5.58. The molecule has 6 heteroatoms. The van der Waals surface area contributed by atoms with Crippen LogP contribution >= 0.6 is 0 Å². The minimum absolute atomic E-state index is 0.0880. The van der Waals surface area contributed by atoms with Crippen LogP contribution in [0.25, 0.3) is 0 Å². The Morgan fingerprint density at radius 2 is 1.90 bits per heavy atom. The molecule has 0 bridgehead atoms. The molecule has 0 aromatic heterocycles. The van der Waals surface area contributed by atoms with Gasteiger partial charge in [-0.1, -0.05) is 26.0 Å². The lowest BCUT2D eigenvalue weighted by molar-refractivity contribution is -0.124. The molecule has 0 saturated carbocycles. The van der Waals surface area contributed by atoms with Gasteiger partial charge >= 0.3 is 0 Å². The highest BCUT2D eigenvalue weighted by molar-refractivity contribution is 5.95. The number of carbonyl (C=O) groups excluding carboxylic acids is 2. The minimum Gasteiger partial charge on any atom is -0.497 e. The molecule has 1 N–H and O–H groups in total. The number of hydrogen-bond acceptors (Lipinski definition) is 3. The summed E-state index contributed by atoms with van der Waals surface area (Å²) < 4.78 is 19.0. The van der Waals surface area contributed by atoms with Gasteiger partial charge in [-0.25, -0.2) is 4.39 Å². The predicted molar refractivity (Wildman–Crippen MR) is 114 cm³/mol. The number of likely N-dealkylation sites (tertiary alicyclic amines) is 1. The fourth-order valence-electron chi connectivity index (χ4n) is 3.84. The Morgan fingerprint density at radius 3 is 2.53 bits per heavy atom. The minimum atomic E-state index is -0.416. The van der Waals surface area contributed by atoms with Gasteiger partial charge in [0, 0.05) is 31.1 Å². The molecule has 2 atom stereocenters. The highest BCUT2D eigenvalue weighted by atomic mass is 19.1. The molecule has 0 spiro atoms. The number of hydrogen-bond donors (Lipinski definition) is 1. The van der Waals surface area contributed by atoms with E-state index in [1.54, 1.807) is 42.3 Å². The van der Waals surface area contributed by atoms with Crippen LogP contribution in [0.1, 0.15) is 42.1 Å². The summed E-state index contributed by atoms with van der Waals surface area (Å²) in [4.78, 5) is 27.7. The number of nitrogens with zero attached hydrogens (tertiary/aromatic N) is 1. The average Bonchev–Trinajstić information content (AvgIpc) is 3.18. The zero-order chi connectivity index (χ0) is 21.7. The van der Waals surface area contributed by atoms with E-state index in [2.05, 4.69) is 19.2 Å². The highest BCUT2D eigenvalue weighted by Gasteiger charge is 2.40. The largest absolute Gasteiger partial charge is 0.497 e. The molecule has 0 aliphatic carbocycles. The van der Waals surface area contributed by atoms with Crippen LogP contribution in [0.2, 0.25) is 0 Å². The summed E-state index contributed by atoms with van der Waals surface area (Å²) >= 11 is 0. The third kappa shape index (κ3) is 5.17. The van der Waals surface area contributed by atoms with Crippen molar-refractivity contribution in [1.82, 2.24) is 10.2 Å². The maximum absolute atomic E-state index is 13.8. The molecule has 30 heavy (non-hydrogen) atoms. The average molecular weight is 413 g/mol. The van der Waals surface area contributed by atoms with E-state index in [0.29, 0.717) is 36.9 Å². The number of benzene rings is 2. The molecule has 1 aliphatic rings. The van der Waals surface area contributed by atoms with Gasteiger partial charge in [-0.05, 0) is 54.3 Å². The fourth-order valence-corrected chi connectivity index (χ4v) is 3.84. The fraction of sp³-hybridized carbons (Fsp3) is 0.417. The van der Waals surface area contributed by atoms with Crippen LogP contribution < -0.4 is 10.1 Å². The van der Waals surface area contributed by atoms with Crippen molar-refractivity contribution in [2.75, 3.05) is 26.7 Å². The van der Waals surface area contributed by atoms with Gasteiger partial charge in [0.05, 0.1) is 13.0 Å². The Hall–Kier alpha value is -2.89. The second-order valence-corrected chi connectivity index (χ2v) is 8.18. The molecule has 160 valence electrons. The number of methoxy groups -OCH3 is 1. The maximum atomic E-state index is 13.8. The zero-order valence-corrected chi connectivity index (χ0v) is 17.7. The third-order valence-corrected chi connectivity index (χ3v) is 5.58. The number of halogens is 1. The van der Waals surface area contributed by atoms with Crippen LogP contribution in [0.4, 0.5) is 4.39 Å². The first-order chi connectivity index (χ1) is 14.4. The van der Waals surface area contributed by atoms with Gasteiger partial charge in [0.1, 0.15) is 11.6 Å². The van der Waals surface area contributed by atoms with E-state index in [9.17, 15) is 14.0 Å². The van der Waals surface area contributed by atoms with Crippen molar-refractivity contribution in [3.8, 4) is 5.75 Å². The Balaban J connectivity index is 1.79. The molecule has 5 nitrogen and oxygen atoms in total. The first kappa shape index (κ1) is 21.8. The summed E-state index contributed by atoms with van der Waals surface area (Å²) in [6, 6.07) is 13.2. The van der Waals surface area contributed by atoms with Gasteiger partial charge in [-0.3, -0.25) is 9.59 Å². The van der Waals surface area contributed by atoms with Crippen LogP contribution in [0.5, 0.6) is 5.75 Å². The molecular weight excluding hydrogens is 383 g/mol. The van der Waals surface area contributed by atoms with Crippen molar-refractivity contribution in [2.24, 2.45) is 11.8 Å². The van der Waals surface area contributed by atoms with Gasteiger partial charge in [0.25, 0.3) is 5.91 Å². The number of carbonyl (C=O) groups is 2. The van der Waals surface area contributed by atoms with E-state index in [4.69, 9.17) is 4.74 Å². The normalized spacial score (nSPS) is 18.5. The lowest BCUT2D eigenvalue weighted by Crippen LogP contribution is -2.36. The standard InChI is InChI=1S/C24H29FN2O3/c1-16(2)11-12-26-23(28)22-15-27(14-21(22)18-5-4-6-19(25)13-18)24(29)17-7-9-20(30-3)10-8-17/h4-10,13,16,21-22H,11-12,14-15H2,1-3H3,(H,26,28). The smallest absolute Gasteiger partial charge is 0.253 e. The molecule has 1 heterocycles. The van der Waals surface area contributed by atoms with Gasteiger partial charge in [0.2, 0.25) is 5.91 Å². The molecule has 0 radical (unpaired) electrons. The second-order valence-electron chi connectivity index (χ2n) is 8.18. The number of nitrogens with one attached hydrogen (secondary N) is 1. The van der Waals surface area contributed by atoms with Gasteiger partial charge in [0.15, 0.2) is 0 Å². The number of rotatable bonds is 7. The van der Waals surface area contributed by atoms with Crippen molar-refractivity contribution in [3.05, 3.63) is 65.5 Å². The van der Waals surface area contributed by atoms with E-state index in [1.165, 1.54) is 12.1 Å². The molecule has 1 fully saturated rings. The van der Waals surface area contributed by atoms with Crippen molar-refractivity contribution in [2.45, 2.75) is 26.2 Å². The molecule has 2 aromatic rings. The SMILES string of the molecule is COc1ccc(C(=O)N2CC(C(=O)NCCC(C)C)C(c3cccc(F)c3)C2)cc1. The lowest BCUT2D eigenvalue weighted by Gasteiger charge is -2.18. The number of ether oxygens (including phenoxy) is 1. The van der Waals surface area contributed by atoms with Gasteiger partial charge in [-0.2, -0.15) is 0 Å². The van der Waals surface area contributed by atoms with Crippen LogP contribution in [0.3, 0.4) is 0 Å². The van der Waals surface area contributed by atoms with Crippen LogP contribution in [-0.2, 0) is 4.79 Å². The van der Waals surface area contributed by atoms with Gasteiger partial charge < -0.3 is 15.0 Å². The van der Waals surface area contributed by atoms with Crippen molar-refractivity contribution in [3.63, 3.8) is 0 Å². The molecule has 2 unspecified atom stereocenters. The van der Waals surface area contributed by atoms with Crippen molar-refractivity contribution in [1.29, 1.82) is 0 Å². The Kier molecular flexibility index (Phi) is 7.08. The van der Waals surface area contributed by atoms with E-state index < -0.39 is 5.92 Å². The predicted octanol–water partition coefficient (Wildman–Crippen LogP) is 3.85. The van der Waals surface area contributed by atoms with Crippen molar-refractivity contribution < 1.29 is 18.7 Å². The zero-order valence-electron chi connectivity index (χ0n) is 17.7. The summed E-state index contributed by atoms with van der Waals surface area (Å²) in [5.41, 5.74) is 1.28. The summed E-state index contributed by atoms with van der Waals surface area (Å²) in [7, 11) is 1.57. The van der Waals surface area contributed by atoms with Crippen LogP contribution in [0, 0.1) is 17.7 Å². The maximum Gasteiger partial charge on any atom is 0.253 e. The Morgan fingerprint density at radius 1 is 1.17 bits per heavy atom. The van der Waals surface area contributed by atoms with E-state index >= 15 is 0 Å². The van der Waals surface area contributed by atoms with Crippen LogP contribution in [-0.4, -0.2) is 43.5 Å². The number of amides is 2. The summed E-state index contributed by atoms with van der Waals surface area (Å²) in [6.07, 6.45) is 0.886. The van der Waals surface area contributed by atoms with E-state index in [0.717, 1.165) is 12.0 Å². The summed E-state index contributed by atoms with van der Waals surface area (Å²) in [5, 5.41) is 3.00. The lowest BCUT2D eigenvalue weighted by atomic mass is 9.88. The molecular formula is C24H29FN2O3. The monoisotopic (exact) mass is 412 g/mol. The molecule has 1 aliphatic heterocycles. The molecule has 3 rings (SSSR count). The quantitative estimate of drug-likeness (QED) is 0.752. The Bertz CT molecular complexity index is 882. The highest BCUT2D eigenvalue weighted by Crippen LogP contribution is 2.34. The van der Waals surface area contributed by atoms with E-state index in [-0.39, 0.29) is 23.5 Å². The second kappa shape index (κ2) is 9.74. The molecule has 2 amide bonds. The topological polar surface area (TPSA) is 58.6 Å².